The molecule has 1 aromatic carbocycles. The Balaban J connectivity index is 0.000000557. The zero-order valence-electron chi connectivity index (χ0n) is 8.94. The van der Waals surface area contributed by atoms with E-state index in [4.69, 9.17) is 37.8 Å². The van der Waals surface area contributed by atoms with Crippen LogP contribution in [0.5, 0.6) is 5.75 Å². The number of halogens is 2. The molecule has 0 aliphatic heterocycles. The molecule has 0 aliphatic rings. The van der Waals surface area contributed by atoms with Gasteiger partial charge >= 0.3 is 5.69 Å². The molecule has 0 saturated carbocycles. The molecule has 0 unspecified atom stereocenters. The van der Waals surface area contributed by atoms with Crippen LogP contribution >= 0.6 is 23.2 Å². The molecule has 0 fully saturated rings. The summed E-state index contributed by atoms with van der Waals surface area (Å²) in [5, 5.41) is 17.8. The van der Waals surface area contributed by atoms with Crippen molar-refractivity contribution in [3.05, 3.63) is 32.3 Å². The van der Waals surface area contributed by atoms with E-state index in [0.29, 0.717) is 0 Å². The molecule has 1 N–H and O–H groups in total. The van der Waals surface area contributed by atoms with Gasteiger partial charge in [-0.2, -0.15) is 0 Å². The number of carboxylic acids is 1. The Morgan fingerprint density at radius 1 is 1.47 bits per heavy atom. The highest BCUT2D eigenvalue weighted by atomic mass is 35.5. The van der Waals surface area contributed by atoms with Crippen LogP contribution in [0.25, 0.3) is 0 Å². The van der Waals surface area contributed by atoms with Gasteiger partial charge in [-0.05, 0) is 12.1 Å². The number of rotatable bonds is 2. The van der Waals surface area contributed by atoms with Crippen molar-refractivity contribution in [3.8, 4) is 5.75 Å². The second-order valence-electron chi connectivity index (χ2n) is 2.69. The van der Waals surface area contributed by atoms with Crippen molar-refractivity contribution in [3.63, 3.8) is 0 Å². The molecule has 1 rings (SSSR count). The molecule has 0 atom stereocenters. The summed E-state index contributed by atoms with van der Waals surface area (Å²) in [5.74, 6) is -0.599. The number of ether oxygens (including phenoxy) is 1. The van der Waals surface area contributed by atoms with Gasteiger partial charge in [-0.3, -0.25) is 14.9 Å². The molecule has 0 amide bonds. The van der Waals surface area contributed by atoms with Crippen molar-refractivity contribution in [2.24, 2.45) is 0 Å². The average molecular weight is 282 g/mol. The Morgan fingerprint density at radius 2 is 1.94 bits per heavy atom. The van der Waals surface area contributed by atoms with E-state index in [-0.39, 0.29) is 21.5 Å². The number of hydrogen-bond acceptors (Lipinski definition) is 4. The second kappa shape index (κ2) is 6.93. The number of nitrogens with zero attached hydrogens (tertiary/aromatic N) is 1. The molecule has 17 heavy (non-hydrogen) atoms. The van der Waals surface area contributed by atoms with E-state index < -0.39 is 10.9 Å². The minimum absolute atomic E-state index is 0.00389. The lowest BCUT2D eigenvalue weighted by molar-refractivity contribution is -0.384. The maximum atomic E-state index is 10.5. The Kier molecular flexibility index (Phi) is 6.30. The molecule has 0 aliphatic carbocycles. The van der Waals surface area contributed by atoms with Crippen LogP contribution in [-0.4, -0.2) is 23.1 Å². The van der Waals surface area contributed by atoms with Crippen molar-refractivity contribution in [2.45, 2.75) is 6.92 Å². The van der Waals surface area contributed by atoms with Crippen molar-refractivity contribution >= 4 is 34.9 Å². The van der Waals surface area contributed by atoms with Gasteiger partial charge in [0.2, 0.25) is 0 Å². The van der Waals surface area contributed by atoms with Crippen LogP contribution < -0.4 is 4.74 Å². The van der Waals surface area contributed by atoms with E-state index in [1.54, 1.807) is 0 Å². The molecular formula is C9H9Cl2NO5. The normalized spacial score (nSPS) is 8.94. The maximum Gasteiger partial charge on any atom is 0.310 e. The lowest BCUT2D eigenvalue weighted by Gasteiger charge is -2.03. The van der Waals surface area contributed by atoms with Crippen LogP contribution in [-0.2, 0) is 4.79 Å². The number of hydrogen-bond donors (Lipinski definition) is 1. The van der Waals surface area contributed by atoms with E-state index >= 15 is 0 Å². The monoisotopic (exact) mass is 281 g/mol. The molecule has 6 nitrogen and oxygen atoms in total. The average Bonchev–Trinajstić information content (AvgIpc) is 2.16. The number of methoxy groups -OCH3 is 1. The van der Waals surface area contributed by atoms with Crippen molar-refractivity contribution in [2.75, 3.05) is 7.11 Å². The predicted octanol–water partition coefficient (Wildman–Crippen LogP) is 3.00. The summed E-state index contributed by atoms with van der Waals surface area (Å²) in [5.41, 5.74) is -0.331. The third-order valence-corrected chi connectivity index (χ3v) is 2.10. The molecule has 0 aromatic heterocycles. The van der Waals surface area contributed by atoms with Gasteiger partial charge in [-0.25, -0.2) is 0 Å². The van der Waals surface area contributed by atoms with Crippen LogP contribution in [0.15, 0.2) is 12.1 Å². The van der Waals surface area contributed by atoms with Gasteiger partial charge in [0, 0.05) is 6.92 Å². The van der Waals surface area contributed by atoms with E-state index in [2.05, 4.69) is 0 Å². The van der Waals surface area contributed by atoms with Gasteiger partial charge in [0.25, 0.3) is 5.97 Å². The molecule has 0 radical (unpaired) electrons. The summed E-state index contributed by atoms with van der Waals surface area (Å²) < 4.78 is 4.80. The van der Waals surface area contributed by atoms with Gasteiger partial charge in [0.1, 0.15) is 10.8 Å². The molecule has 0 spiro atoms. The Hall–Kier alpha value is -1.53. The highest BCUT2D eigenvalue weighted by molar-refractivity contribution is 6.39. The minimum Gasteiger partial charge on any atom is -0.495 e. The number of carboxylic acid groups (broad SMARTS) is 1. The zero-order chi connectivity index (χ0) is 13.6. The molecule has 0 saturated heterocycles. The first-order valence-electron chi connectivity index (χ1n) is 4.17. The first-order chi connectivity index (χ1) is 7.81. The zero-order valence-corrected chi connectivity index (χ0v) is 10.4. The summed E-state index contributed by atoms with van der Waals surface area (Å²) >= 11 is 11.2. The van der Waals surface area contributed by atoms with Gasteiger partial charge < -0.3 is 9.84 Å². The summed E-state index contributed by atoms with van der Waals surface area (Å²) in [6.45, 7) is 1.08. The Morgan fingerprint density at radius 3 is 2.29 bits per heavy atom. The fourth-order valence-electron chi connectivity index (χ4n) is 0.847. The minimum atomic E-state index is -0.833. The van der Waals surface area contributed by atoms with E-state index in [1.807, 2.05) is 0 Å². The highest BCUT2D eigenvalue weighted by Crippen LogP contribution is 2.38. The van der Waals surface area contributed by atoms with Crippen molar-refractivity contribution in [1.82, 2.24) is 0 Å². The smallest absolute Gasteiger partial charge is 0.310 e. The van der Waals surface area contributed by atoms with E-state index in [9.17, 15) is 10.1 Å². The quantitative estimate of drug-likeness (QED) is 0.665. The van der Waals surface area contributed by atoms with Crippen molar-refractivity contribution in [1.29, 1.82) is 0 Å². The predicted molar refractivity (Wildman–Crippen MR) is 63.0 cm³/mol. The van der Waals surface area contributed by atoms with Crippen LogP contribution in [0.1, 0.15) is 6.92 Å². The standard InChI is InChI=1S/C7H5Cl2NO3.C2H4O2/c1-13-5-3-2-4(8)7(6(5)9)10(11)12;1-2(3)4/h2-3H,1H3;1H3,(H,3,4). The van der Waals surface area contributed by atoms with Crippen LogP contribution in [0.4, 0.5) is 5.69 Å². The summed E-state index contributed by atoms with van der Waals surface area (Å²) in [6, 6.07) is 2.84. The molecule has 94 valence electrons. The highest BCUT2D eigenvalue weighted by Gasteiger charge is 2.21. The SMILES string of the molecule is CC(=O)O.COc1ccc(Cl)c([N+](=O)[O-])c1Cl. The number of nitro benzene ring substituents is 1. The second-order valence-corrected chi connectivity index (χ2v) is 3.47. The first kappa shape index (κ1) is 15.5. The number of benzene rings is 1. The maximum absolute atomic E-state index is 10.5. The molecule has 1 aromatic rings. The molecular weight excluding hydrogens is 273 g/mol. The van der Waals surface area contributed by atoms with Gasteiger partial charge in [-0.1, -0.05) is 23.2 Å². The largest absolute Gasteiger partial charge is 0.495 e. The Labute approximate surface area is 107 Å². The van der Waals surface area contributed by atoms with Crippen LogP contribution in [0.3, 0.4) is 0 Å². The van der Waals surface area contributed by atoms with Gasteiger partial charge in [0.15, 0.2) is 5.02 Å². The number of nitro groups is 1. The van der Waals surface area contributed by atoms with Crippen molar-refractivity contribution < 1.29 is 19.6 Å². The third-order valence-electron chi connectivity index (χ3n) is 1.43. The number of carbonyl (C=O) groups is 1. The Bertz CT molecular complexity index is 432. The third kappa shape index (κ3) is 4.88. The van der Waals surface area contributed by atoms with Crippen LogP contribution in [0, 0.1) is 10.1 Å². The molecule has 8 heteroatoms. The molecule has 0 bridgehead atoms. The van der Waals surface area contributed by atoms with E-state index in [0.717, 1.165) is 6.92 Å². The molecule has 0 heterocycles. The van der Waals surface area contributed by atoms with Crippen LogP contribution in [0.2, 0.25) is 10.0 Å². The lowest BCUT2D eigenvalue weighted by Crippen LogP contribution is -1.93. The van der Waals surface area contributed by atoms with Gasteiger partial charge in [-0.15, -0.1) is 0 Å². The first-order valence-corrected chi connectivity index (χ1v) is 4.92. The summed E-state index contributed by atoms with van der Waals surface area (Å²) in [4.78, 5) is 18.8. The fraction of sp³-hybridized carbons (Fsp3) is 0.222. The fourth-order valence-corrected chi connectivity index (χ4v) is 1.43. The summed E-state index contributed by atoms with van der Waals surface area (Å²) in [7, 11) is 1.37. The number of aliphatic carboxylic acids is 1. The van der Waals surface area contributed by atoms with E-state index in [1.165, 1.54) is 19.2 Å². The summed E-state index contributed by atoms with van der Waals surface area (Å²) in [6.07, 6.45) is 0. The van der Waals surface area contributed by atoms with Gasteiger partial charge in [0.05, 0.1) is 12.0 Å². The lowest BCUT2D eigenvalue weighted by atomic mass is 10.3. The topological polar surface area (TPSA) is 89.7 Å².